The van der Waals surface area contributed by atoms with Crippen molar-refractivity contribution in [1.29, 1.82) is 0 Å². The number of anilines is 1. The molecule has 4 heteroatoms. The van der Waals surface area contributed by atoms with Gasteiger partial charge in [0.15, 0.2) is 5.78 Å². The second kappa shape index (κ2) is 7.75. The fourth-order valence-corrected chi connectivity index (χ4v) is 3.31. The Morgan fingerprint density at radius 1 is 1.08 bits per heavy atom. The molecule has 2 aromatic carbocycles. The summed E-state index contributed by atoms with van der Waals surface area (Å²) in [5.41, 5.74) is 4.23. The van der Waals surface area contributed by atoms with E-state index in [1.54, 1.807) is 12.2 Å². The number of piperidine rings is 1. The van der Waals surface area contributed by atoms with Crippen molar-refractivity contribution in [2.75, 3.05) is 18.0 Å². The number of phenolic OH excluding ortho intramolecular Hbond substituents is 1. The van der Waals surface area contributed by atoms with Crippen LogP contribution in [0.1, 0.15) is 39.9 Å². The molecule has 0 aliphatic carbocycles. The van der Waals surface area contributed by atoms with Crippen molar-refractivity contribution < 1.29 is 15.0 Å². The lowest BCUT2D eigenvalue weighted by Gasteiger charge is -2.31. The van der Waals surface area contributed by atoms with Crippen LogP contribution in [-0.2, 0) is 0 Å². The molecule has 2 aromatic rings. The number of phenols is 1. The van der Waals surface area contributed by atoms with Crippen LogP contribution in [0.15, 0.2) is 42.5 Å². The summed E-state index contributed by atoms with van der Waals surface area (Å²) in [7, 11) is 0. The second-order valence-electron chi connectivity index (χ2n) is 6.97. The molecule has 4 nitrogen and oxygen atoms in total. The van der Waals surface area contributed by atoms with Crippen molar-refractivity contribution in [2.24, 2.45) is 0 Å². The lowest BCUT2D eigenvalue weighted by Crippen LogP contribution is -2.35. The van der Waals surface area contributed by atoms with E-state index in [2.05, 4.69) is 4.90 Å². The van der Waals surface area contributed by atoms with Gasteiger partial charge in [0.25, 0.3) is 0 Å². The van der Waals surface area contributed by atoms with Gasteiger partial charge in [-0.25, -0.2) is 0 Å². The molecule has 0 saturated carbocycles. The molecule has 0 atom stereocenters. The number of benzene rings is 2. The molecular weight excluding hydrogens is 326 g/mol. The van der Waals surface area contributed by atoms with Crippen molar-refractivity contribution in [2.45, 2.75) is 32.8 Å². The molecule has 26 heavy (non-hydrogen) atoms. The van der Waals surface area contributed by atoms with Crippen LogP contribution in [0.5, 0.6) is 5.75 Å². The van der Waals surface area contributed by atoms with E-state index in [0.29, 0.717) is 11.3 Å². The topological polar surface area (TPSA) is 60.8 Å². The number of aliphatic hydroxyl groups excluding tert-OH is 1. The summed E-state index contributed by atoms with van der Waals surface area (Å²) >= 11 is 0. The van der Waals surface area contributed by atoms with Gasteiger partial charge in [-0.2, -0.15) is 0 Å². The van der Waals surface area contributed by atoms with Crippen LogP contribution in [0, 0.1) is 13.8 Å². The maximum Gasteiger partial charge on any atom is 0.185 e. The molecule has 0 bridgehead atoms. The second-order valence-corrected chi connectivity index (χ2v) is 6.97. The molecular formula is C22H25NO3. The molecule has 136 valence electrons. The van der Waals surface area contributed by atoms with E-state index in [0.717, 1.165) is 48.3 Å². The van der Waals surface area contributed by atoms with E-state index in [1.807, 2.05) is 50.2 Å². The lowest BCUT2D eigenvalue weighted by molar-refractivity contribution is 0.104. The number of aryl methyl sites for hydroxylation is 2. The zero-order valence-electron chi connectivity index (χ0n) is 15.3. The molecule has 1 saturated heterocycles. The van der Waals surface area contributed by atoms with Gasteiger partial charge in [0.05, 0.1) is 6.10 Å². The van der Waals surface area contributed by atoms with E-state index in [9.17, 15) is 15.0 Å². The third-order valence-corrected chi connectivity index (χ3v) is 4.92. The molecule has 0 aromatic heterocycles. The molecule has 0 amide bonds. The summed E-state index contributed by atoms with van der Waals surface area (Å²) < 4.78 is 0. The first-order chi connectivity index (χ1) is 12.4. The highest BCUT2D eigenvalue weighted by molar-refractivity contribution is 6.07. The first kappa shape index (κ1) is 18.2. The Morgan fingerprint density at radius 3 is 2.23 bits per heavy atom. The summed E-state index contributed by atoms with van der Waals surface area (Å²) in [5, 5.41) is 19.4. The van der Waals surface area contributed by atoms with Crippen LogP contribution in [0.2, 0.25) is 0 Å². The fraction of sp³-hybridized carbons (Fsp3) is 0.318. The number of ketones is 1. The Morgan fingerprint density at radius 2 is 1.65 bits per heavy atom. The molecule has 1 aliphatic rings. The Hall–Kier alpha value is -2.59. The summed E-state index contributed by atoms with van der Waals surface area (Å²) in [6.45, 7) is 5.38. The van der Waals surface area contributed by atoms with Crippen molar-refractivity contribution >= 4 is 17.5 Å². The van der Waals surface area contributed by atoms with Crippen LogP contribution >= 0.6 is 0 Å². The number of carbonyl (C=O) groups is 1. The van der Waals surface area contributed by atoms with E-state index in [1.165, 1.54) is 0 Å². The highest BCUT2D eigenvalue weighted by Gasteiger charge is 2.17. The van der Waals surface area contributed by atoms with Crippen molar-refractivity contribution in [3.8, 4) is 5.75 Å². The van der Waals surface area contributed by atoms with Crippen molar-refractivity contribution in [3.63, 3.8) is 0 Å². The minimum Gasteiger partial charge on any atom is -0.507 e. The van der Waals surface area contributed by atoms with E-state index < -0.39 is 0 Å². The Balaban J connectivity index is 1.68. The van der Waals surface area contributed by atoms with Gasteiger partial charge in [-0.05, 0) is 85.9 Å². The van der Waals surface area contributed by atoms with Crippen LogP contribution < -0.4 is 4.90 Å². The first-order valence-electron chi connectivity index (χ1n) is 9.00. The predicted molar refractivity (Wildman–Crippen MR) is 105 cm³/mol. The Bertz CT molecular complexity index is 793. The van der Waals surface area contributed by atoms with Crippen LogP contribution in [0.4, 0.5) is 5.69 Å². The minimum atomic E-state index is -0.190. The summed E-state index contributed by atoms with van der Waals surface area (Å²) in [4.78, 5) is 14.6. The van der Waals surface area contributed by atoms with Gasteiger partial charge in [0.1, 0.15) is 5.75 Å². The van der Waals surface area contributed by atoms with E-state index >= 15 is 0 Å². The quantitative estimate of drug-likeness (QED) is 0.648. The van der Waals surface area contributed by atoms with Gasteiger partial charge < -0.3 is 15.1 Å². The highest BCUT2D eigenvalue weighted by atomic mass is 16.3. The van der Waals surface area contributed by atoms with Gasteiger partial charge in [0, 0.05) is 24.3 Å². The average Bonchev–Trinajstić information content (AvgIpc) is 2.65. The molecule has 2 N–H and O–H groups in total. The summed E-state index contributed by atoms with van der Waals surface area (Å²) in [6, 6.07) is 11.3. The monoisotopic (exact) mass is 351 g/mol. The van der Waals surface area contributed by atoms with Crippen LogP contribution in [0.3, 0.4) is 0 Å². The number of carbonyl (C=O) groups excluding carboxylic acids is 1. The Kier molecular flexibility index (Phi) is 5.43. The van der Waals surface area contributed by atoms with Crippen molar-refractivity contribution in [3.05, 3.63) is 64.7 Å². The van der Waals surface area contributed by atoms with Crippen LogP contribution in [-0.4, -0.2) is 35.2 Å². The molecule has 1 heterocycles. The number of hydrogen-bond donors (Lipinski definition) is 2. The molecule has 3 rings (SSSR count). The van der Waals surface area contributed by atoms with Crippen molar-refractivity contribution in [1.82, 2.24) is 0 Å². The maximum absolute atomic E-state index is 12.4. The van der Waals surface area contributed by atoms with Crippen LogP contribution in [0.25, 0.3) is 6.08 Å². The Labute approximate surface area is 154 Å². The normalized spacial score (nSPS) is 15.6. The highest BCUT2D eigenvalue weighted by Crippen LogP contribution is 2.24. The van der Waals surface area contributed by atoms with Gasteiger partial charge in [0.2, 0.25) is 0 Å². The smallest absolute Gasteiger partial charge is 0.185 e. The zero-order chi connectivity index (χ0) is 18.7. The molecule has 0 unspecified atom stereocenters. The molecule has 0 radical (unpaired) electrons. The number of hydrogen-bond acceptors (Lipinski definition) is 4. The number of rotatable bonds is 4. The third kappa shape index (κ3) is 4.14. The summed E-state index contributed by atoms with van der Waals surface area (Å²) in [5.74, 6) is 0.253. The van der Waals surface area contributed by atoms with Gasteiger partial charge in [-0.1, -0.05) is 6.08 Å². The number of allylic oxidation sites excluding steroid dienone is 1. The first-order valence-corrected chi connectivity index (χ1v) is 9.00. The molecule has 0 spiro atoms. The van der Waals surface area contributed by atoms with E-state index in [-0.39, 0.29) is 11.9 Å². The fourth-order valence-electron chi connectivity index (χ4n) is 3.31. The standard InChI is InChI=1S/C22H25NO3/c1-15-13-17(14-16(2)22(15)26)3-8-21(25)18-4-6-19(7-5-18)23-11-9-20(24)10-12-23/h3-8,13-14,20,24,26H,9-12H2,1-2H3/b8-3+. The number of nitrogens with zero attached hydrogens (tertiary/aromatic N) is 1. The van der Waals surface area contributed by atoms with Gasteiger partial charge >= 0.3 is 0 Å². The van der Waals surface area contributed by atoms with Gasteiger partial charge in [-0.15, -0.1) is 0 Å². The zero-order valence-corrected chi connectivity index (χ0v) is 15.3. The number of aliphatic hydroxyl groups is 1. The largest absolute Gasteiger partial charge is 0.507 e. The third-order valence-electron chi connectivity index (χ3n) is 4.92. The average molecular weight is 351 g/mol. The molecule has 1 fully saturated rings. The lowest BCUT2D eigenvalue weighted by atomic mass is 10.0. The summed E-state index contributed by atoms with van der Waals surface area (Å²) in [6.07, 6.45) is 4.73. The SMILES string of the molecule is Cc1cc(/C=C/C(=O)c2ccc(N3CCC(O)CC3)cc2)cc(C)c1O. The molecule has 1 aliphatic heterocycles. The van der Waals surface area contributed by atoms with E-state index in [4.69, 9.17) is 0 Å². The maximum atomic E-state index is 12.4. The predicted octanol–water partition coefficient (Wildman–Crippen LogP) is 3.87. The van der Waals surface area contributed by atoms with Gasteiger partial charge in [-0.3, -0.25) is 4.79 Å². The minimum absolute atomic E-state index is 0.0472. The number of aromatic hydroxyl groups is 1.